The molecule has 2 aromatic rings. The average Bonchev–Trinajstić information content (AvgIpc) is 2.43. The summed E-state index contributed by atoms with van der Waals surface area (Å²) in [5.41, 5.74) is 6.80. The first-order chi connectivity index (χ1) is 9.89. The predicted octanol–water partition coefficient (Wildman–Crippen LogP) is 2.88. The number of halogens is 2. The summed E-state index contributed by atoms with van der Waals surface area (Å²) in [6.45, 7) is 0.388. The maximum Gasteiger partial charge on any atom is 0.237 e. The minimum Gasteiger partial charge on any atom is -0.326 e. The summed E-state index contributed by atoms with van der Waals surface area (Å²) in [7, 11) is -3.73. The summed E-state index contributed by atoms with van der Waals surface area (Å²) in [5, 5.41) is 0.251. The zero-order chi connectivity index (χ0) is 15.5. The summed E-state index contributed by atoms with van der Waals surface area (Å²) in [5.74, 6) is -0.939. The summed E-state index contributed by atoms with van der Waals surface area (Å²) < 4.78 is 39.8. The third kappa shape index (κ3) is 4.42. The Hall–Kier alpha value is -1.63. The maximum absolute atomic E-state index is 13.5. The lowest BCUT2D eigenvalue weighted by Crippen LogP contribution is -2.16. The molecule has 2 rings (SSSR count). The second kappa shape index (κ2) is 6.43. The molecule has 0 spiro atoms. The summed E-state index contributed by atoms with van der Waals surface area (Å²) >= 11 is 5.73. The number of rotatable bonds is 5. The fraction of sp³-hybridized carbons (Fsp3) is 0.143. The van der Waals surface area contributed by atoms with Crippen LogP contribution in [0.25, 0.3) is 0 Å². The Bertz CT molecular complexity index is 733. The normalized spacial score (nSPS) is 11.4. The van der Waals surface area contributed by atoms with Crippen LogP contribution in [0.5, 0.6) is 0 Å². The van der Waals surface area contributed by atoms with E-state index in [1.807, 2.05) is 0 Å². The van der Waals surface area contributed by atoms with Gasteiger partial charge in [0.05, 0.1) is 11.4 Å². The second-order valence-corrected chi connectivity index (χ2v) is 6.66. The SMILES string of the molecule is NCc1ccc(CS(=O)(=O)Nc2cc(Cl)ccc2F)cc1. The van der Waals surface area contributed by atoms with Gasteiger partial charge in [0.15, 0.2) is 0 Å². The van der Waals surface area contributed by atoms with Crippen LogP contribution in [0, 0.1) is 5.82 Å². The van der Waals surface area contributed by atoms with Gasteiger partial charge < -0.3 is 5.73 Å². The molecule has 0 radical (unpaired) electrons. The van der Waals surface area contributed by atoms with Gasteiger partial charge in [-0.2, -0.15) is 0 Å². The van der Waals surface area contributed by atoms with Crippen molar-refractivity contribution in [3.63, 3.8) is 0 Å². The lowest BCUT2D eigenvalue weighted by Gasteiger charge is -2.09. The zero-order valence-electron chi connectivity index (χ0n) is 11.0. The van der Waals surface area contributed by atoms with E-state index in [1.165, 1.54) is 12.1 Å². The molecule has 112 valence electrons. The standard InChI is InChI=1S/C14H14ClFN2O2S/c15-12-5-6-13(16)14(7-12)18-21(19,20)9-11-3-1-10(8-17)2-4-11/h1-7,18H,8-9,17H2. The van der Waals surface area contributed by atoms with Crippen LogP contribution in [0.2, 0.25) is 5.02 Å². The Labute approximate surface area is 127 Å². The fourth-order valence-corrected chi connectivity index (χ4v) is 3.14. The lowest BCUT2D eigenvalue weighted by atomic mass is 10.1. The highest BCUT2D eigenvalue weighted by atomic mass is 35.5. The minimum atomic E-state index is -3.73. The van der Waals surface area contributed by atoms with Crippen molar-refractivity contribution < 1.29 is 12.8 Å². The molecule has 0 saturated heterocycles. The first kappa shape index (κ1) is 15.8. The van der Waals surface area contributed by atoms with Gasteiger partial charge in [-0.1, -0.05) is 35.9 Å². The quantitative estimate of drug-likeness (QED) is 0.886. The van der Waals surface area contributed by atoms with Crippen LogP contribution in [0.3, 0.4) is 0 Å². The van der Waals surface area contributed by atoms with Crippen molar-refractivity contribution in [1.29, 1.82) is 0 Å². The molecule has 0 aliphatic heterocycles. The molecule has 0 amide bonds. The first-order valence-corrected chi connectivity index (χ1v) is 8.16. The first-order valence-electron chi connectivity index (χ1n) is 6.13. The van der Waals surface area contributed by atoms with Gasteiger partial charge in [-0.15, -0.1) is 0 Å². The van der Waals surface area contributed by atoms with E-state index in [-0.39, 0.29) is 16.5 Å². The van der Waals surface area contributed by atoms with Crippen molar-refractivity contribution in [2.24, 2.45) is 5.73 Å². The molecule has 0 aliphatic rings. The van der Waals surface area contributed by atoms with Crippen LogP contribution in [-0.2, 0) is 22.3 Å². The molecule has 3 N–H and O–H groups in total. The molecule has 0 saturated carbocycles. The van der Waals surface area contributed by atoms with Crippen LogP contribution < -0.4 is 10.5 Å². The van der Waals surface area contributed by atoms with Crippen molar-refractivity contribution in [1.82, 2.24) is 0 Å². The molecule has 7 heteroatoms. The monoisotopic (exact) mass is 328 g/mol. The van der Waals surface area contributed by atoms with Crippen LogP contribution in [0.15, 0.2) is 42.5 Å². The maximum atomic E-state index is 13.5. The third-order valence-electron chi connectivity index (χ3n) is 2.81. The Balaban J connectivity index is 2.16. The van der Waals surface area contributed by atoms with Gasteiger partial charge in [0.1, 0.15) is 5.82 Å². The molecule has 2 aromatic carbocycles. The molecule has 0 bridgehead atoms. The number of nitrogens with one attached hydrogen (secondary N) is 1. The Morgan fingerprint density at radius 1 is 1.10 bits per heavy atom. The van der Waals surface area contributed by atoms with Gasteiger partial charge in [0.2, 0.25) is 10.0 Å². The molecule has 0 unspecified atom stereocenters. The van der Waals surface area contributed by atoms with Gasteiger partial charge in [0, 0.05) is 11.6 Å². The number of sulfonamides is 1. The van der Waals surface area contributed by atoms with E-state index in [9.17, 15) is 12.8 Å². The number of nitrogens with two attached hydrogens (primary N) is 1. The van der Waals surface area contributed by atoms with Crippen LogP contribution >= 0.6 is 11.6 Å². The zero-order valence-corrected chi connectivity index (χ0v) is 12.6. The molecule has 0 heterocycles. The van der Waals surface area contributed by atoms with E-state index in [0.29, 0.717) is 12.1 Å². The average molecular weight is 329 g/mol. The summed E-state index contributed by atoms with van der Waals surface area (Å²) in [6, 6.07) is 10.5. The largest absolute Gasteiger partial charge is 0.326 e. The predicted molar refractivity (Wildman–Crippen MR) is 82.0 cm³/mol. The van der Waals surface area contributed by atoms with Crippen LogP contribution in [0.1, 0.15) is 11.1 Å². The molecular weight excluding hydrogens is 315 g/mol. The Morgan fingerprint density at radius 3 is 2.33 bits per heavy atom. The van der Waals surface area contributed by atoms with E-state index in [2.05, 4.69) is 4.72 Å². The molecule has 4 nitrogen and oxygen atoms in total. The number of hydrogen-bond acceptors (Lipinski definition) is 3. The molecule has 0 atom stereocenters. The highest BCUT2D eigenvalue weighted by Gasteiger charge is 2.14. The highest BCUT2D eigenvalue weighted by molar-refractivity contribution is 7.91. The molecule has 0 aliphatic carbocycles. The van der Waals surface area contributed by atoms with Crippen LogP contribution in [0.4, 0.5) is 10.1 Å². The van der Waals surface area contributed by atoms with Gasteiger partial charge in [0.25, 0.3) is 0 Å². The lowest BCUT2D eigenvalue weighted by molar-refractivity contribution is 0.598. The van der Waals surface area contributed by atoms with Crippen molar-refractivity contribution in [3.05, 3.63) is 64.4 Å². The number of hydrogen-bond donors (Lipinski definition) is 2. The van der Waals surface area contributed by atoms with Crippen molar-refractivity contribution >= 4 is 27.3 Å². The van der Waals surface area contributed by atoms with Crippen molar-refractivity contribution in [2.75, 3.05) is 4.72 Å². The Morgan fingerprint density at radius 2 is 1.71 bits per heavy atom. The van der Waals surface area contributed by atoms with Crippen LogP contribution in [-0.4, -0.2) is 8.42 Å². The minimum absolute atomic E-state index is 0.166. The highest BCUT2D eigenvalue weighted by Crippen LogP contribution is 2.21. The smallest absolute Gasteiger partial charge is 0.237 e. The molecule has 21 heavy (non-hydrogen) atoms. The topological polar surface area (TPSA) is 72.2 Å². The molecule has 0 fully saturated rings. The fourth-order valence-electron chi connectivity index (χ4n) is 1.77. The van der Waals surface area contributed by atoms with Crippen molar-refractivity contribution in [2.45, 2.75) is 12.3 Å². The third-order valence-corrected chi connectivity index (χ3v) is 4.29. The summed E-state index contributed by atoms with van der Waals surface area (Å²) in [4.78, 5) is 0. The summed E-state index contributed by atoms with van der Waals surface area (Å²) in [6.07, 6.45) is 0. The molecular formula is C14H14ClFN2O2S. The molecule has 0 aromatic heterocycles. The van der Waals surface area contributed by atoms with E-state index < -0.39 is 15.8 Å². The van der Waals surface area contributed by atoms with E-state index in [4.69, 9.17) is 17.3 Å². The second-order valence-electron chi connectivity index (χ2n) is 4.51. The van der Waals surface area contributed by atoms with Gasteiger partial charge >= 0.3 is 0 Å². The van der Waals surface area contributed by atoms with E-state index in [0.717, 1.165) is 11.6 Å². The van der Waals surface area contributed by atoms with E-state index >= 15 is 0 Å². The Kier molecular flexibility index (Phi) is 4.82. The van der Waals surface area contributed by atoms with Crippen molar-refractivity contribution in [3.8, 4) is 0 Å². The van der Waals surface area contributed by atoms with Gasteiger partial charge in [-0.05, 0) is 29.3 Å². The number of benzene rings is 2. The van der Waals surface area contributed by atoms with Gasteiger partial charge in [-0.3, -0.25) is 4.72 Å². The van der Waals surface area contributed by atoms with E-state index in [1.54, 1.807) is 24.3 Å². The van der Waals surface area contributed by atoms with Gasteiger partial charge in [-0.25, -0.2) is 12.8 Å². The number of anilines is 1.